The van der Waals surface area contributed by atoms with Crippen LogP contribution in [0.15, 0.2) is 41.1 Å². The van der Waals surface area contributed by atoms with Gasteiger partial charge in [0.05, 0.1) is 24.1 Å². The Labute approximate surface area is 207 Å². The second kappa shape index (κ2) is 9.72. The van der Waals surface area contributed by atoms with Crippen molar-refractivity contribution in [2.24, 2.45) is 0 Å². The van der Waals surface area contributed by atoms with E-state index in [2.05, 4.69) is 20.5 Å². The maximum atomic E-state index is 13.3. The first-order chi connectivity index (χ1) is 16.8. The van der Waals surface area contributed by atoms with Gasteiger partial charge in [-0.15, -0.1) is 0 Å². The molecular formula is C25H27ClF3N5O. The molecule has 10 heteroatoms. The van der Waals surface area contributed by atoms with Crippen LogP contribution in [0.3, 0.4) is 0 Å². The zero-order valence-corrected chi connectivity index (χ0v) is 20.1. The lowest BCUT2D eigenvalue weighted by molar-refractivity contribution is -0.137. The summed E-state index contributed by atoms with van der Waals surface area (Å²) in [5.41, 5.74) is 3.45. The smallest absolute Gasteiger partial charge is 0.416 e. The summed E-state index contributed by atoms with van der Waals surface area (Å²) in [6, 6.07) is 5.51. The molecule has 0 amide bonds. The lowest BCUT2D eigenvalue weighted by Crippen LogP contribution is -2.42. The highest BCUT2D eigenvalue weighted by atomic mass is 35.5. The minimum atomic E-state index is -4.42. The van der Waals surface area contributed by atoms with Crippen molar-refractivity contribution in [3.63, 3.8) is 0 Å². The molecule has 2 aliphatic heterocycles. The largest absolute Gasteiger partial charge is 0.467 e. The Hall–Kier alpha value is -2.75. The zero-order valence-electron chi connectivity index (χ0n) is 19.4. The molecule has 186 valence electrons. The van der Waals surface area contributed by atoms with Crippen molar-refractivity contribution >= 4 is 23.1 Å². The molecule has 5 rings (SSSR count). The van der Waals surface area contributed by atoms with Crippen molar-refractivity contribution in [2.75, 3.05) is 49.5 Å². The molecule has 1 aromatic carbocycles. The number of hydrogen-bond donors (Lipinski definition) is 2. The van der Waals surface area contributed by atoms with Crippen LogP contribution in [0.4, 0.5) is 24.7 Å². The van der Waals surface area contributed by atoms with Crippen molar-refractivity contribution in [1.82, 2.24) is 15.2 Å². The number of pyridine rings is 1. The van der Waals surface area contributed by atoms with E-state index in [0.29, 0.717) is 29.5 Å². The lowest BCUT2D eigenvalue weighted by atomic mass is 10.0. The molecule has 4 heterocycles. The third-order valence-corrected chi connectivity index (χ3v) is 6.95. The predicted octanol–water partition coefficient (Wildman–Crippen LogP) is 5.16. The Morgan fingerprint density at radius 1 is 1.09 bits per heavy atom. The second-order valence-electron chi connectivity index (χ2n) is 8.97. The molecule has 2 aromatic heterocycles. The van der Waals surface area contributed by atoms with E-state index < -0.39 is 11.7 Å². The number of hydrogen-bond acceptors (Lipinski definition) is 6. The van der Waals surface area contributed by atoms with Crippen molar-refractivity contribution in [3.8, 4) is 11.1 Å². The average Bonchev–Trinajstić information content (AvgIpc) is 3.29. The van der Waals surface area contributed by atoms with E-state index in [0.717, 1.165) is 73.0 Å². The normalized spacial score (nSPS) is 16.8. The van der Waals surface area contributed by atoms with Gasteiger partial charge in [0.15, 0.2) is 0 Å². The van der Waals surface area contributed by atoms with Crippen LogP contribution in [0.2, 0.25) is 5.02 Å². The highest BCUT2D eigenvalue weighted by molar-refractivity contribution is 6.31. The molecule has 0 bridgehead atoms. The quantitative estimate of drug-likeness (QED) is 0.499. The Balaban J connectivity index is 1.43. The Bertz CT molecular complexity index is 1210. The van der Waals surface area contributed by atoms with Crippen LogP contribution in [-0.4, -0.2) is 49.2 Å². The third-order valence-electron chi connectivity index (χ3n) is 6.58. The fourth-order valence-electron chi connectivity index (χ4n) is 4.75. The fraction of sp³-hybridized carbons (Fsp3) is 0.400. The molecule has 0 spiro atoms. The first-order valence-electron chi connectivity index (χ1n) is 11.6. The fourth-order valence-corrected chi connectivity index (χ4v) is 4.93. The molecule has 35 heavy (non-hydrogen) atoms. The van der Waals surface area contributed by atoms with E-state index >= 15 is 0 Å². The van der Waals surface area contributed by atoms with Crippen molar-refractivity contribution in [3.05, 3.63) is 64.2 Å². The second-order valence-corrected chi connectivity index (χ2v) is 9.38. The van der Waals surface area contributed by atoms with Gasteiger partial charge in [0.25, 0.3) is 0 Å². The molecule has 0 radical (unpaired) electrons. The van der Waals surface area contributed by atoms with Gasteiger partial charge in [0, 0.05) is 68.2 Å². The molecule has 6 nitrogen and oxygen atoms in total. The Morgan fingerprint density at radius 3 is 2.66 bits per heavy atom. The monoisotopic (exact) mass is 505 g/mol. The van der Waals surface area contributed by atoms with Crippen molar-refractivity contribution in [1.29, 1.82) is 0 Å². The van der Waals surface area contributed by atoms with Crippen LogP contribution in [0.1, 0.15) is 22.5 Å². The molecule has 1 saturated heterocycles. The number of furan rings is 1. The first kappa shape index (κ1) is 24.0. The van der Waals surface area contributed by atoms with Gasteiger partial charge in [-0.05, 0) is 42.3 Å². The Morgan fingerprint density at radius 2 is 1.89 bits per heavy atom. The minimum Gasteiger partial charge on any atom is -0.467 e. The summed E-state index contributed by atoms with van der Waals surface area (Å²) in [6.07, 6.45) is -0.853. The van der Waals surface area contributed by atoms with Gasteiger partial charge in [-0.3, -0.25) is 4.90 Å². The summed E-state index contributed by atoms with van der Waals surface area (Å²) < 4.78 is 45.7. The van der Waals surface area contributed by atoms with Gasteiger partial charge in [-0.2, -0.15) is 13.2 Å². The molecule has 1 fully saturated rings. The number of fused-ring (bicyclic) bond motifs is 1. The van der Waals surface area contributed by atoms with E-state index in [1.54, 1.807) is 6.26 Å². The summed E-state index contributed by atoms with van der Waals surface area (Å²) >= 11 is 6.30. The van der Waals surface area contributed by atoms with Gasteiger partial charge in [-0.1, -0.05) is 11.6 Å². The molecule has 0 atom stereocenters. The maximum absolute atomic E-state index is 13.3. The minimum absolute atomic E-state index is 0.253. The van der Waals surface area contributed by atoms with E-state index in [4.69, 9.17) is 16.0 Å². The summed E-state index contributed by atoms with van der Waals surface area (Å²) in [5.74, 6) is 1.61. The molecule has 0 aliphatic carbocycles. The number of benzene rings is 1. The number of nitrogens with zero attached hydrogens (tertiary/aromatic N) is 3. The van der Waals surface area contributed by atoms with E-state index in [-0.39, 0.29) is 6.54 Å². The Kier molecular flexibility index (Phi) is 6.65. The topological polar surface area (TPSA) is 56.6 Å². The third kappa shape index (κ3) is 5.12. The van der Waals surface area contributed by atoms with Gasteiger partial charge < -0.3 is 20.0 Å². The van der Waals surface area contributed by atoms with Crippen molar-refractivity contribution in [2.45, 2.75) is 26.2 Å². The standard InChI is InChI=1S/C25H27ClF3N5O/c1-16-21(18-11-20(35-15-18)14-33-7-4-30-5-8-33)12-32-24-23(16)34(9-6-31-24)13-17-10-19(25(27,28)29)2-3-22(17)26/h2-3,10-12,15,30H,4-9,13-14H2,1H3,(H,31,32). The molecule has 2 aliphatic rings. The van der Waals surface area contributed by atoms with Crippen LogP contribution in [0.25, 0.3) is 11.1 Å². The SMILES string of the molecule is Cc1c(-c2coc(CN3CCNCC3)c2)cnc2c1N(Cc1cc(C(F)(F)F)ccc1Cl)CCN2. The molecule has 3 aromatic rings. The van der Waals surface area contributed by atoms with E-state index in [9.17, 15) is 13.2 Å². The zero-order chi connectivity index (χ0) is 24.6. The van der Waals surface area contributed by atoms with Gasteiger partial charge in [0.2, 0.25) is 0 Å². The highest BCUT2D eigenvalue weighted by Gasteiger charge is 2.31. The summed E-state index contributed by atoms with van der Waals surface area (Å²) in [5, 5.41) is 6.97. The molecule has 0 saturated carbocycles. The van der Waals surface area contributed by atoms with Crippen LogP contribution in [-0.2, 0) is 19.3 Å². The van der Waals surface area contributed by atoms with Crippen LogP contribution in [0.5, 0.6) is 0 Å². The van der Waals surface area contributed by atoms with Crippen molar-refractivity contribution < 1.29 is 17.6 Å². The van der Waals surface area contributed by atoms with Gasteiger partial charge >= 0.3 is 6.18 Å². The number of piperazine rings is 1. The van der Waals surface area contributed by atoms with Crippen LogP contribution in [0, 0.1) is 6.92 Å². The van der Waals surface area contributed by atoms with Gasteiger partial charge in [0.1, 0.15) is 11.6 Å². The highest BCUT2D eigenvalue weighted by Crippen LogP contribution is 2.39. The summed E-state index contributed by atoms with van der Waals surface area (Å²) in [7, 11) is 0. The maximum Gasteiger partial charge on any atom is 0.416 e. The first-order valence-corrected chi connectivity index (χ1v) is 12.0. The summed E-state index contributed by atoms with van der Waals surface area (Å²) in [6.45, 7) is 8.17. The van der Waals surface area contributed by atoms with Crippen LogP contribution >= 0.6 is 11.6 Å². The predicted molar refractivity (Wildman–Crippen MR) is 131 cm³/mol. The molecule has 2 N–H and O–H groups in total. The number of rotatable bonds is 5. The van der Waals surface area contributed by atoms with E-state index in [1.165, 1.54) is 6.07 Å². The average molecular weight is 506 g/mol. The number of nitrogens with one attached hydrogen (secondary N) is 2. The molecular weight excluding hydrogens is 479 g/mol. The number of alkyl halides is 3. The summed E-state index contributed by atoms with van der Waals surface area (Å²) in [4.78, 5) is 9.02. The number of halogens is 4. The lowest BCUT2D eigenvalue weighted by Gasteiger charge is -2.33. The number of aromatic nitrogens is 1. The van der Waals surface area contributed by atoms with E-state index in [1.807, 2.05) is 24.1 Å². The molecule has 0 unspecified atom stereocenters. The van der Waals surface area contributed by atoms with Crippen LogP contribution < -0.4 is 15.5 Å². The van der Waals surface area contributed by atoms with Gasteiger partial charge in [-0.25, -0.2) is 4.98 Å². The number of anilines is 2.